The highest BCUT2D eigenvalue weighted by molar-refractivity contribution is 7.92. The number of aryl methyl sites for hydroxylation is 1. The molecule has 1 heterocycles. The predicted octanol–water partition coefficient (Wildman–Crippen LogP) is 2.64. The molecule has 2 aromatic rings. The highest BCUT2D eigenvalue weighted by Crippen LogP contribution is 2.26. The van der Waals surface area contributed by atoms with E-state index in [0.717, 1.165) is 16.9 Å². The Bertz CT molecular complexity index is 734. The Labute approximate surface area is 121 Å². The van der Waals surface area contributed by atoms with Crippen LogP contribution in [0.3, 0.4) is 0 Å². The number of hydrogen-bond donors (Lipinski definition) is 1. The third-order valence-corrected chi connectivity index (χ3v) is 4.84. The van der Waals surface area contributed by atoms with Gasteiger partial charge in [0.1, 0.15) is 4.88 Å². The normalized spacial score (nSPS) is 11.1. The molecule has 0 fully saturated rings. The molecule has 0 atom stereocenters. The lowest BCUT2D eigenvalue weighted by molar-refractivity contribution is 0.0607. The van der Waals surface area contributed by atoms with Crippen molar-refractivity contribution >= 4 is 33.0 Å². The van der Waals surface area contributed by atoms with E-state index in [1.807, 2.05) is 13.0 Å². The molecule has 0 aliphatic carbocycles. The number of benzene rings is 1. The highest BCUT2D eigenvalue weighted by atomic mass is 32.2. The number of anilines is 1. The Morgan fingerprint density at radius 2 is 2.05 bits per heavy atom. The Kier molecular flexibility index (Phi) is 4.10. The lowest BCUT2D eigenvalue weighted by Crippen LogP contribution is -2.14. The summed E-state index contributed by atoms with van der Waals surface area (Å²) in [6.07, 6.45) is 0. The van der Waals surface area contributed by atoms with E-state index in [1.165, 1.54) is 19.2 Å². The van der Waals surface area contributed by atoms with E-state index in [0.29, 0.717) is 0 Å². The van der Waals surface area contributed by atoms with Gasteiger partial charge in [0.2, 0.25) is 0 Å². The predicted molar refractivity (Wildman–Crippen MR) is 77.6 cm³/mol. The summed E-state index contributed by atoms with van der Waals surface area (Å²) >= 11 is 1.12. The van der Waals surface area contributed by atoms with Crippen molar-refractivity contribution < 1.29 is 17.9 Å². The largest absolute Gasteiger partial charge is 0.465 e. The molecule has 1 aromatic carbocycles. The van der Waals surface area contributed by atoms with Crippen molar-refractivity contribution in [3.63, 3.8) is 0 Å². The minimum Gasteiger partial charge on any atom is -0.465 e. The van der Waals surface area contributed by atoms with E-state index in [9.17, 15) is 13.2 Å². The Morgan fingerprint density at radius 1 is 1.30 bits per heavy atom. The second-order valence-electron chi connectivity index (χ2n) is 4.08. The number of carbonyl (C=O) groups excluding carboxylic acids is 1. The quantitative estimate of drug-likeness (QED) is 0.881. The first kappa shape index (κ1) is 14.5. The van der Waals surface area contributed by atoms with Gasteiger partial charge in [-0.3, -0.25) is 4.72 Å². The molecule has 0 unspecified atom stereocenters. The monoisotopic (exact) mass is 311 g/mol. The first-order valence-corrected chi connectivity index (χ1v) is 8.05. The van der Waals surface area contributed by atoms with Crippen LogP contribution < -0.4 is 4.72 Å². The van der Waals surface area contributed by atoms with E-state index < -0.39 is 16.0 Å². The number of nitrogens with one attached hydrogen (secondary N) is 1. The van der Waals surface area contributed by atoms with Crippen LogP contribution in [0.4, 0.5) is 5.69 Å². The number of thiophene rings is 1. The summed E-state index contributed by atoms with van der Waals surface area (Å²) in [6, 6.07) is 8.07. The third-order valence-electron chi connectivity index (χ3n) is 2.58. The molecule has 0 saturated carbocycles. The maximum Gasteiger partial charge on any atom is 0.350 e. The first-order chi connectivity index (χ1) is 9.44. The van der Waals surface area contributed by atoms with Crippen LogP contribution in [0, 0.1) is 6.92 Å². The van der Waals surface area contributed by atoms with Crippen LogP contribution in [0.1, 0.15) is 15.2 Å². The zero-order chi connectivity index (χ0) is 14.8. The molecule has 0 aliphatic rings. The molecule has 1 N–H and O–H groups in total. The Morgan fingerprint density at radius 3 is 2.70 bits per heavy atom. The van der Waals surface area contributed by atoms with Gasteiger partial charge in [0.15, 0.2) is 0 Å². The van der Waals surface area contributed by atoms with Gasteiger partial charge in [-0.1, -0.05) is 12.1 Å². The zero-order valence-electron chi connectivity index (χ0n) is 10.9. The van der Waals surface area contributed by atoms with Gasteiger partial charge >= 0.3 is 5.97 Å². The number of sulfonamides is 1. The summed E-state index contributed by atoms with van der Waals surface area (Å²) in [5.74, 6) is -0.568. The molecule has 1 aromatic heterocycles. The van der Waals surface area contributed by atoms with Crippen molar-refractivity contribution in [3.8, 4) is 0 Å². The molecular weight excluding hydrogens is 298 g/mol. The van der Waals surface area contributed by atoms with Crippen molar-refractivity contribution in [3.05, 3.63) is 46.2 Å². The van der Waals surface area contributed by atoms with Crippen LogP contribution in [0.2, 0.25) is 0 Å². The number of carbonyl (C=O) groups is 1. The molecule has 0 amide bonds. The van der Waals surface area contributed by atoms with Crippen molar-refractivity contribution in [2.24, 2.45) is 0 Å². The molecular formula is C13H13NO4S2. The van der Waals surface area contributed by atoms with Crippen molar-refractivity contribution in [2.45, 2.75) is 11.8 Å². The third kappa shape index (κ3) is 3.00. The first-order valence-electron chi connectivity index (χ1n) is 5.69. The molecule has 106 valence electrons. The Balaban J connectivity index is 2.34. The lowest BCUT2D eigenvalue weighted by atomic mass is 10.2. The zero-order valence-corrected chi connectivity index (χ0v) is 12.5. The maximum absolute atomic E-state index is 12.3. The summed E-state index contributed by atoms with van der Waals surface area (Å²) < 4.78 is 31.5. The second kappa shape index (κ2) is 5.64. The molecule has 5 nitrogen and oxygen atoms in total. The van der Waals surface area contributed by atoms with Crippen molar-refractivity contribution in [2.75, 3.05) is 11.8 Å². The van der Waals surface area contributed by atoms with Crippen LogP contribution in [-0.4, -0.2) is 21.5 Å². The summed E-state index contributed by atoms with van der Waals surface area (Å²) in [5, 5.41) is 1.63. The van der Waals surface area contributed by atoms with Crippen LogP contribution in [0.25, 0.3) is 0 Å². The topological polar surface area (TPSA) is 72.5 Å². The van der Waals surface area contributed by atoms with E-state index in [2.05, 4.69) is 9.46 Å². The summed E-state index contributed by atoms with van der Waals surface area (Å²) in [7, 11) is -2.47. The fraction of sp³-hybridized carbons (Fsp3) is 0.154. The summed E-state index contributed by atoms with van der Waals surface area (Å²) in [6.45, 7) is 1.81. The average molecular weight is 311 g/mol. The van der Waals surface area contributed by atoms with Gasteiger partial charge in [-0.05, 0) is 36.1 Å². The number of methoxy groups -OCH3 is 1. The van der Waals surface area contributed by atoms with Gasteiger partial charge in [-0.25, -0.2) is 13.2 Å². The van der Waals surface area contributed by atoms with Gasteiger partial charge in [0, 0.05) is 0 Å². The molecule has 0 aliphatic heterocycles. The van der Waals surface area contributed by atoms with Gasteiger partial charge in [-0.2, -0.15) is 0 Å². The summed E-state index contributed by atoms with van der Waals surface area (Å²) in [5.41, 5.74) is 1.06. The van der Waals surface area contributed by atoms with E-state index >= 15 is 0 Å². The van der Waals surface area contributed by atoms with E-state index in [4.69, 9.17) is 0 Å². The SMILES string of the molecule is COC(=O)c1sccc1NS(=O)(=O)c1cccc(C)c1. The highest BCUT2D eigenvalue weighted by Gasteiger charge is 2.20. The van der Waals surface area contributed by atoms with Crippen molar-refractivity contribution in [1.82, 2.24) is 0 Å². The van der Waals surface area contributed by atoms with Crippen LogP contribution >= 0.6 is 11.3 Å². The van der Waals surface area contributed by atoms with Crippen LogP contribution in [-0.2, 0) is 14.8 Å². The average Bonchev–Trinajstić information content (AvgIpc) is 2.85. The molecule has 2 rings (SSSR count). The van der Waals surface area contributed by atoms with E-state index in [1.54, 1.807) is 17.5 Å². The fourth-order valence-electron chi connectivity index (χ4n) is 1.63. The molecule has 7 heteroatoms. The van der Waals surface area contributed by atoms with Gasteiger partial charge in [-0.15, -0.1) is 11.3 Å². The van der Waals surface area contributed by atoms with Crippen LogP contribution in [0.15, 0.2) is 40.6 Å². The van der Waals surface area contributed by atoms with Crippen LogP contribution in [0.5, 0.6) is 0 Å². The molecule has 0 spiro atoms. The molecule has 0 bridgehead atoms. The fourth-order valence-corrected chi connectivity index (χ4v) is 3.63. The summed E-state index contributed by atoms with van der Waals surface area (Å²) in [4.78, 5) is 11.9. The standard InChI is InChI=1S/C13H13NO4S2/c1-9-4-3-5-10(8-9)20(16,17)14-11-6-7-19-12(11)13(15)18-2/h3-8,14H,1-2H3. The number of rotatable bonds is 4. The van der Waals surface area contributed by atoms with E-state index in [-0.39, 0.29) is 15.5 Å². The smallest absolute Gasteiger partial charge is 0.350 e. The molecule has 0 radical (unpaired) electrons. The van der Waals surface area contributed by atoms with Crippen molar-refractivity contribution in [1.29, 1.82) is 0 Å². The lowest BCUT2D eigenvalue weighted by Gasteiger charge is -2.08. The minimum atomic E-state index is -3.72. The Hall–Kier alpha value is -1.86. The molecule has 20 heavy (non-hydrogen) atoms. The maximum atomic E-state index is 12.3. The number of esters is 1. The van der Waals surface area contributed by atoms with Gasteiger partial charge in [0.25, 0.3) is 10.0 Å². The number of hydrogen-bond acceptors (Lipinski definition) is 5. The molecule has 0 saturated heterocycles. The minimum absolute atomic E-state index is 0.152. The second-order valence-corrected chi connectivity index (χ2v) is 6.68. The number of ether oxygens (including phenoxy) is 1. The van der Waals surface area contributed by atoms with Gasteiger partial charge < -0.3 is 4.74 Å². The van der Waals surface area contributed by atoms with Gasteiger partial charge in [0.05, 0.1) is 17.7 Å².